The van der Waals surface area contributed by atoms with E-state index in [0.717, 1.165) is 31.7 Å². The van der Waals surface area contributed by atoms with Crippen LogP contribution in [0.15, 0.2) is 0 Å². The maximum atomic E-state index is 12.2. The molecule has 0 aromatic carbocycles. The van der Waals surface area contributed by atoms with Crippen molar-refractivity contribution < 1.29 is 9.59 Å². The number of hydrogen-bond donors (Lipinski definition) is 1. The van der Waals surface area contributed by atoms with Crippen molar-refractivity contribution in [3.8, 4) is 0 Å². The number of nitrogens with two attached hydrogens (primary N) is 1. The number of rotatable bonds is 4. The van der Waals surface area contributed by atoms with Crippen LogP contribution in [0.5, 0.6) is 0 Å². The van der Waals surface area contributed by atoms with Crippen LogP contribution in [0.25, 0.3) is 0 Å². The van der Waals surface area contributed by atoms with Crippen molar-refractivity contribution in [3.63, 3.8) is 0 Å². The zero-order chi connectivity index (χ0) is 13.8. The topological polar surface area (TPSA) is 66.6 Å². The number of imide groups is 1. The largest absolute Gasteiger partial charge is 0.329 e. The Morgan fingerprint density at radius 3 is 2.79 bits per heavy atom. The van der Waals surface area contributed by atoms with Crippen molar-refractivity contribution in [1.29, 1.82) is 0 Å². The van der Waals surface area contributed by atoms with E-state index >= 15 is 0 Å². The van der Waals surface area contributed by atoms with E-state index in [1.54, 1.807) is 0 Å². The molecular formula is C14H25N3O2. The smallest absolute Gasteiger partial charge is 0.243 e. The zero-order valence-electron chi connectivity index (χ0n) is 11.8. The molecule has 5 heteroatoms. The molecule has 2 N–H and O–H groups in total. The van der Waals surface area contributed by atoms with Gasteiger partial charge in [0.1, 0.15) is 0 Å². The van der Waals surface area contributed by atoms with Crippen LogP contribution in [0.2, 0.25) is 0 Å². The Kier molecular flexibility index (Phi) is 4.93. The second kappa shape index (κ2) is 6.48. The van der Waals surface area contributed by atoms with Gasteiger partial charge in [-0.3, -0.25) is 19.4 Å². The molecule has 2 fully saturated rings. The number of piperidine rings is 1. The van der Waals surface area contributed by atoms with Gasteiger partial charge in [0.2, 0.25) is 11.8 Å². The lowest BCUT2D eigenvalue weighted by Crippen LogP contribution is -2.51. The lowest BCUT2D eigenvalue weighted by molar-refractivity contribution is -0.143. The summed E-state index contributed by atoms with van der Waals surface area (Å²) in [6.45, 7) is 4.67. The van der Waals surface area contributed by atoms with E-state index in [-0.39, 0.29) is 11.8 Å². The van der Waals surface area contributed by atoms with E-state index < -0.39 is 0 Å². The molecule has 0 aromatic rings. The highest BCUT2D eigenvalue weighted by atomic mass is 16.2. The maximum absolute atomic E-state index is 12.2. The van der Waals surface area contributed by atoms with Crippen LogP contribution >= 0.6 is 0 Å². The van der Waals surface area contributed by atoms with Gasteiger partial charge in [0, 0.05) is 25.6 Å². The fraction of sp³-hybridized carbons (Fsp3) is 0.857. The molecule has 2 aliphatic rings. The maximum Gasteiger partial charge on any atom is 0.243 e. The van der Waals surface area contributed by atoms with Crippen molar-refractivity contribution in [1.82, 2.24) is 9.80 Å². The first-order chi connectivity index (χ1) is 9.15. The van der Waals surface area contributed by atoms with Crippen LogP contribution in [-0.2, 0) is 9.59 Å². The van der Waals surface area contributed by atoms with Gasteiger partial charge in [-0.05, 0) is 31.7 Å². The molecule has 2 rings (SSSR count). The molecule has 108 valence electrons. The summed E-state index contributed by atoms with van der Waals surface area (Å²) in [6, 6.07) is 0.292. The Morgan fingerprint density at radius 1 is 1.42 bits per heavy atom. The minimum Gasteiger partial charge on any atom is -0.329 e. The first-order valence-corrected chi connectivity index (χ1v) is 7.43. The molecule has 0 saturated carbocycles. The average molecular weight is 267 g/mol. The summed E-state index contributed by atoms with van der Waals surface area (Å²) in [5.74, 6) is 0.668. The van der Waals surface area contributed by atoms with Gasteiger partial charge < -0.3 is 5.73 Å². The third-order valence-electron chi connectivity index (χ3n) is 4.51. The number of likely N-dealkylation sites (tertiary alicyclic amines) is 2. The predicted molar refractivity (Wildman–Crippen MR) is 73.4 cm³/mol. The Morgan fingerprint density at radius 2 is 2.21 bits per heavy atom. The van der Waals surface area contributed by atoms with Gasteiger partial charge in [-0.2, -0.15) is 0 Å². The summed E-state index contributed by atoms with van der Waals surface area (Å²) in [6.07, 6.45) is 4.72. The van der Waals surface area contributed by atoms with Gasteiger partial charge in [0.15, 0.2) is 0 Å². The summed E-state index contributed by atoms with van der Waals surface area (Å²) < 4.78 is 0. The van der Waals surface area contributed by atoms with Gasteiger partial charge >= 0.3 is 0 Å². The minimum atomic E-state index is -0.0455. The normalized spacial score (nSPS) is 28.9. The summed E-state index contributed by atoms with van der Waals surface area (Å²) in [5, 5.41) is 0. The third-order valence-corrected chi connectivity index (χ3v) is 4.51. The number of hydrogen-bond acceptors (Lipinski definition) is 4. The third kappa shape index (κ3) is 3.34. The van der Waals surface area contributed by atoms with E-state index in [9.17, 15) is 9.59 Å². The van der Waals surface area contributed by atoms with Gasteiger partial charge in [0.05, 0.1) is 6.54 Å². The van der Waals surface area contributed by atoms with Gasteiger partial charge in [-0.1, -0.05) is 13.3 Å². The number of nitrogens with zero attached hydrogens (tertiary/aromatic N) is 2. The van der Waals surface area contributed by atoms with E-state index in [1.807, 2.05) is 0 Å². The van der Waals surface area contributed by atoms with E-state index in [2.05, 4.69) is 11.8 Å². The monoisotopic (exact) mass is 267 g/mol. The van der Waals surface area contributed by atoms with Crippen LogP contribution in [0, 0.1) is 5.92 Å². The highest BCUT2D eigenvalue weighted by molar-refractivity contribution is 5.97. The first-order valence-electron chi connectivity index (χ1n) is 7.43. The Balaban J connectivity index is 1.90. The van der Waals surface area contributed by atoms with Crippen molar-refractivity contribution in [2.24, 2.45) is 11.7 Å². The number of amides is 2. The molecule has 2 atom stereocenters. The fourth-order valence-corrected chi connectivity index (χ4v) is 3.18. The minimum absolute atomic E-state index is 0.0160. The van der Waals surface area contributed by atoms with E-state index in [4.69, 9.17) is 5.73 Å². The average Bonchev–Trinajstić information content (AvgIpc) is 2.85. The van der Waals surface area contributed by atoms with Gasteiger partial charge in [-0.15, -0.1) is 0 Å². The molecular weight excluding hydrogens is 242 g/mol. The number of carbonyl (C=O) groups excluding carboxylic acids is 2. The molecule has 2 amide bonds. The summed E-state index contributed by atoms with van der Waals surface area (Å²) in [4.78, 5) is 27.3. The second-order valence-corrected chi connectivity index (χ2v) is 5.70. The van der Waals surface area contributed by atoms with E-state index in [0.29, 0.717) is 32.1 Å². The standard InChI is InChI=1S/C14H25N3O2/c1-2-11-5-7-16(12(8-11)9-15)10-14(19)17-6-3-4-13(17)18/h11-12H,2-10,15H2,1H3. The van der Waals surface area contributed by atoms with Crippen molar-refractivity contribution in [2.45, 2.75) is 45.1 Å². The summed E-state index contributed by atoms with van der Waals surface area (Å²) >= 11 is 0. The van der Waals surface area contributed by atoms with Crippen molar-refractivity contribution in [3.05, 3.63) is 0 Å². The summed E-state index contributed by atoms with van der Waals surface area (Å²) in [7, 11) is 0. The van der Waals surface area contributed by atoms with Crippen LogP contribution in [0.4, 0.5) is 0 Å². The molecule has 2 aliphatic heterocycles. The van der Waals surface area contributed by atoms with Crippen molar-refractivity contribution >= 4 is 11.8 Å². The van der Waals surface area contributed by atoms with Crippen LogP contribution in [0.3, 0.4) is 0 Å². The molecule has 19 heavy (non-hydrogen) atoms. The molecule has 0 aromatic heterocycles. The van der Waals surface area contributed by atoms with Gasteiger partial charge in [0.25, 0.3) is 0 Å². The quantitative estimate of drug-likeness (QED) is 0.809. The zero-order valence-corrected chi connectivity index (χ0v) is 11.8. The summed E-state index contributed by atoms with van der Waals surface area (Å²) in [5.41, 5.74) is 5.83. The molecule has 2 heterocycles. The lowest BCUT2D eigenvalue weighted by atomic mass is 9.89. The van der Waals surface area contributed by atoms with E-state index in [1.165, 1.54) is 11.3 Å². The predicted octanol–water partition coefficient (Wildman–Crippen LogP) is 0.585. The van der Waals surface area contributed by atoms with Crippen LogP contribution in [0.1, 0.15) is 39.0 Å². The SMILES string of the molecule is CCC1CCN(CC(=O)N2CCCC2=O)C(CN)C1. The van der Waals surface area contributed by atoms with Crippen molar-refractivity contribution in [2.75, 3.05) is 26.2 Å². The highest BCUT2D eigenvalue weighted by Gasteiger charge is 2.32. The molecule has 2 unspecified atom stereocenters. The molecule has 0 radical (unpaired) electrons. The van der Waals surface area contributed by atoms with Gasteiger partial charge in [-0.25, -0.2) is 0 Å². The highest BCUT2D eigenvalue weighted by Crippen LogP contribution is 2.25. The molecule has 0 spiro atoms. The molecule has 0 bridgehead atoms. The second-order valence-electron chi connectivity index (χ2n) is 5.70. The first kappa shape index (κ1) is 14.5. The van der Waals surface area contributed by atoms with Crippen LogP contribution < -0.4 is 5.73 Å². The molecule has 0 aliphatic carbocycles. The molecule has 5 nitrogen and oxygen atoms in total. The Bertz CT molecular complexity index is 346. The fourth-order valence-electron chi connectivity index (χ4n) is 3.18. The molecule has 2 saturated heterocycles. The van der Waals surface area contributed by atoms with Crippen LogP contribution in [-0.4, -0.2) is 53.8 Å². The Hall–Kier alpha value is -0.940. The Labute approximate surface area is 115 Å². The number of carbonyl (C=O) groups is 2. The lowest BCUT2D eigenvalue weighted by Gasteiger charge is -2.38.